The quantitative estimate of drug-likeness (QED) is 0.909. The largest absolute Gasteiger partial charge is 0.349 e. The average Bonchev–Trinajstić information content (AvgIpc) is 3.04. The number of fused-ring (bicyclic) bond motifs is 1. The van der Waals surface area contributed by atoms with E-state index in [0.717, 1.165) is 35.7 Å². The van der Waals surface area contributed by atoms with Gasteiger partial charge in [-0.25, -0.2) is 0 Å². The SMILES string of the molecule is CC[C@H](C)NC(=O)c1ccc(N2CCCc3ccccc32)s1. The zero-order valence-corrected chi connectivity index (χ0v) is 14.0. The number of hydrogen-bond acceptors (Lipinski definition) is 3. The summed E-state index contributed by atoms with van der Waals surface area (Å²) in [7, 11) is 0. The first-order valence-electron chi connectivity index (χ1n) is 7.95. The highest BCUT2D eigenvalue weighted by Gasteiger charge is 2.20. The van der Waals surface area contributed by atoms with Gasteiger partial charge in [-0.3, -0.25) is 4.79 Å². The average molecular weight is 314 g/mol. The van der Waals surface area contributed by atoms with E-state index in [-0.39, 0.29) is 11.9 Å². The molecule has 0 unspecified atom stereocenters. The van der Waals surface area contributed by atoms with Crippen LogP contribution in [0.3, 0.4) is 0 Å². The molecule has 0 radical (unpaired) electrons. The summed E-state index contributed by atoms with van der Waals surface area (Å²) in [6.07, 6.45) is 3.24. The minimum Gasteiger partial charge on any atom is -0.349 e. The molecule has 0 bridgehead atoms. The predicted octanol–water partition coefficient (Wildman–Crippen LogP) is 4.36. The van der Waals surface area contributed by atoms with Gasteiger partial charge in [0.25, 0.3) is 5.91 Å². The van der Waals surface area contributed by atoms with Crippen molar-refractivity contribution in [3.8, 4) is 0 Å². The number of hydrogen-bond donors (Lipinski definition) is 1. The highest BCUT2D eigenvalue weighted by Crippen LogP contribution is 2.37. The van der Waals surface area contributed by atoms with Crippen molar-refractivity contribution in [1.82, 2.24) is 5.32 Å². The first-order chi connectivity index (χ1) is 10.7. The van der Waals surface area contributed by atoms with Crippen LogP contribution < -0.4 is 10.2 Å². The van der Waals surface area contributed by atoms with E-state index in [2.05, 4.69) is 47.5 Å². The molecule has 3 rings (SSSR count). The van der Waals surface area contributed by atoms with E-state index in [9.17, 15) is 4.79 Å². The number of thiophene rings is 1. The van der Waals surface area contributed by atoms with Gasteiger partial charge in [-0.05, 0) is 49.9 Å². The molecule has 1 N–H and O–H groups in total. The van der Waals surface area contributed by atoms with Crippen LogP contribution in [-0.4, -0.2) is 18.5 Å². The monoisotopic (exact) mass is 314 g/mol. The van der Waals surface area contributed by atoms with Crippen LogP contribution in [0.1, 0.15) is 41.9 Å². The molecule has 116 valence electrons. The molecule has 1 atom stereocenters. The second kappa shape index (κ2) is 6.53. The molecular formula is C18H22N2OS. The molecule has 0 aliphatic carbocycles. The number of carbonyl (C=O) groups excluding carboxylic acids is 1. The highest BCUT2D eigenvalue weighted by molar-refractivity contribution is 7.18. The number of aryl methyl sites for hydroxylation is 1. The van der Waals surface area contributed by atoms with E-state index in [4.69, 9.17) is 0 Å². The van der Waals surface area contributed by atoms with Crippen LogP contribution in [0.4, 0.5) is 10.7 Å². The van der Waals surface area contributed by atoms with Gasteiger partial charge in [-0.2, -0.15) is 0 Å². The molecule has 0 spiro atoms. The summed E-state index contributed by atoms with van der Waals surface area (Å²) in [6.45, 7) is 5.13. The number of nitrogens with one attached hydrogen (secondary N) is 1. The molecule has 2 aromatic rings. The van der Waals surface area contributed by atoms with Crippen molar-refractivity contribution in [3.63, 3.8) is 0 Å². The number of anilines is 2. The number of rotatable bonds is 4. The van der Waals surface area contributed by atoms with Gasteiger partial charge in [0, 0.05) is 18.3 Å². The number of carbonyl (C=O) groups is 1. The molecule has 0 saturated heterocycles. The van der Waals surface area contributed by atoms with E-state index in [1.165, 1.54) is 11.3 Å². The molecule has 2 heterocycles. The third-order valence-electron chi connectivity index (χ3n) is 4.18. The number of benzene rings is 1. The Morgan fingerprint density at radius 1 is 1.32 bits per heavy atom. The summed E-state index contributed by atoms with van der Waals surface area (Å²) in [5, 5.41) is 4.19. The lowest BCUT2D eigenvalue weighted by molar-refractivity contribution is 0.0943. The Morgan fingerprint density at radius 2 is 2.14 bits per heavy atom. The van der Waals surface area contributed by atoms with Crippen LogP contribution in [0, 0.1) is 0 Å². The van der Waals surface area contributed by atoms with Gasteiger partial charge in [0.2, 0.25) is 0 Å². The summed E-state index contributed by atoms with van der Waals surface area (Å²) in [4.78, 5) is 15.4. The van der Waals surface area contributed by atoms with Crippen molar-refractivity contribution >= 4 is 27.9 Å². The molecule has 1 aliphatic heterocycles. The van der Waals surface area contributed by atoms with Gasteiger partial charge in [-0.15, -0.1) is 11.3 Å². The Labute approximate surface area is 136 Å². The van der Waals surface area contributed by atoms with Crippen molar-refractivity contribution in [2.24, 2.45) is 0 Å². The molecule has 1 aromatic heterocycles. The topological polar surface area (TPSA) is 32.3 Å². The summed E-state index contributed by atoms with van der Waals surface area (Å²) < 4.78 is 0. The van der Waals surface area contributed by atoms with Crippen molar-refractivity contribution in [2.45, 2.75) is 39.2 Å². The third-order valence-corrected chi connectivity index (χ3v) is 5.29. The predicted molar refractivity (Wildman–Crippen MR) is 93.3 cm³/mol. The summed E-state index contributed by atoms with van der Waals surface area (Å²) in [6, 6.07) is 12.8. The molecule has 4 heteroatoms. The third kappa shape index (κ3) is 3.02. The first kappa shape index (κ1) is 15.1. The van der Waals surface area contributed by atoms with Crippen LogP contribution in [0.2, 0.25) is 0 Å². The summed E-state index contributed by atoms with van der Waals surface area (Å²) in [5.41, 5.74) is 2.68. The van der Waals surface area contributed by atoms with Gasteiger partial charge in [0.05, 0.1) is 9.88 Å². The van der Waals surface area contributed by atoms with Crippen molar-refractivity contribution < 1.29 is 4.79 Å². The summed E-state index contributed by atoms with van der Waals surface area (Å²) in [5.74, 6) is 0.0379. The Kier molecular flexibility index (Phi) is 4.48. The van der Waals surface area contributed by atoms with Crippen LogP contribution in [0.25, 0.3) is 0 Å². The molecule has 1 aromatic carbocycles. The van der Waals surface area contributed by atoms with Crippen LogP contribution in [-0.2, 0) is 6.42 Å². The second-order valence-corrected chi connectivity index (χ2v) is 6.87. The van der Waals surface area contributed by atoms with Gasteiger partial charge in [0.15, 0.2) is 0 Å². The zero-order chi connectivity index (χ0) is 15.5. The maximum atomic E-state index is 12.2. The van der Waals surface area contributed by atoms with Crippen LogP contribution in [0.5, 0.6) is 0 Å². The fourth-order valence-electron chi connectivity index (χ4n) is 2.75. The highest BCUT2D eigenvalue weighted by atomic mass is 32.1. The Hall–Kier alpha value is -1.81. The Morgan fingerprint density at radius 3 is 2.95 bits per heavy atom. The maximum absolute atomic E-state index is 12.2. The minimum atomic E-state index is 0.0379. The van der Waals surface area contributed by atoms with Gasteiger partial charge >= 0.3 is 0 Å². The van der Waals surface area contributed by atoms with E-state index in [1.54, 1.807) is 11.3 Å². The first-order valence-corrected chi connectivity index (χ1v) is 8.77. The van der Waals surface area contributed by atoms with Gasteiger partial charge < -0.3 is 10.2 Å². The smallest absolute Gasteiger partial charge is 0.261 e. The molecule has 22 heavy (non-hydrogen) atoms. The van der Waals surface area contributed by atoms with Crippen molar-refractivity contribution in [1.29, 1.82) is 0 Å². The molecule has 0 saturated carbocycles. The molecule has 3 nitrogen and oxygen atoms in total. The van der Waals surface area contributed by atoms with E-state index >= 15 is 0 Å². The summed E-state index contributed by atoms with van der Waals surface area (Å²) >= 11 is 1.58. The number of amides is 1. The molecule has 0 fully saturated rings. The van der Waals surface area contributed by atoms with E-state index in [0.29, 0.717) is 0 Å². The fraction of sp³-hybridized carbons (Fsp3) is 0.389. The molecule has 1 aliphatic rings. The van der Waals surface area contributed by atoms with E-state index in [1.807, 2.05) is 13.0 Å². The Balaban J connectivity index is 1.82. The lowest BCUT2D eigenvalue weighted by atomic mass is 10.0. The van der Waals surface area contributed by atoms with Gasteiger partial charge in [0.1, 0.15) is 0 Å². The van der Waals surface area contributed by atoms with Crippen molar-refractivity contribution in [3.05, 3.63) is 46.8 Å². The number of para-hydroxylation sites is 1. The lowest BCUT2D eigenvalue weighted by Gasteiger charge is -2.30. The molecule has 1 amide bonds. The van der Waals surface area contributed by atoms with Crippen LogP contribution in [0.15, 0.2) is 36.4 Å². The molecular weight excluding hydrogens is 292 g/mol. The van der Waals surface area contributed by atoms with Crippen LogP contribution >= 0.6 is 11.3 Å². The van der Waals surface area contributed by atoms with Gasteiger partial charge in [-0.1, -0.05) is 25.1 Å². The minimum absolute atomic E-state index is 0.0379. The zero-order valence-electron chi connectivity index (χ0n) is 13.1. The lowest BCUT2D eigenvalue weighted by Crippen LogP contribution is -2.31. The van der Waals surface area contributed by atoms with Crippen molar-refractivity contribution in [2.75, 3.05) is 11.4 Å². The standard InChI is InChI=1S/C18H22N2OS/c1-3-13(2)19-18(21)16-10-11-17(22-16)20-12-6-8-14-7-4-5-9-15(14)20/h4-5,7,9-11,13H,3,6,8,12H2,1-2H3,(H,19,21)/t13-/m0/s1. The second-order valence-electron chi connectivity index (χ2n) is 5.80. The maximum Gasteiger partial charge on any atom is 0.261 e. The normalized spacial score (nSPS) is 15.3. The van der Waals surface area contributed by atoms with E-state index < -0.39 is 0 Å². The fourth-order valence-corrected chi connectivity index (χ4v) is 3.70. The Bertz CT molecular complexity index is 665. The number of nitrogens with zero attached hydrogens (tertiary/aromatic N) is 1.